The molecule has 78 valence electrons. The zero-order chi connectivity index (χ0) is 10.7. The molecule has 0 nitrogen and oxygen atoms in total. The third kappa shape index (κ3) is 2.37. The van der Waals surface area contributed by atoms with E-state index in [9.17, 15) is 4.39 Å². The summed E-state index contributed by atoms with van der Waals surface area (Å²) in [5.74, 6) is 0. The van der Waals surface area contributed by atoms with Crippen LogP contribution in [0.15, 0.2) is 42.5 Å². The molecule has 0 fully saturated rings. The van der Waals surface area contributed by atoms with Crippen LogP contribution >= 0.6 is 15.9 Å². The third-order valence-corrected chi connectivity index (χ3v) is 3.19. The molecular weight excluding hydrogens is 255 g/mol. The number of hydrogen-bond acceptors (Lipinski definition) is 0. The molecule has 0 saturated carbocycles. The van der Waals surface area contributed by atoms with Crippen LogP contribution in [0, 0.1) is 0 Å². The molecular formula is C13H12BrF. The van der Waals surface area contributed by atoms with Crippen LogP contribution in [0.25, 0.3) is 10.8 Å². The van der Waals surface area contributed by atoms with Gasteiger partial charge in [0.2, 0.25) is 0 Å². The maximum atomic E-state index is 13.3. The standard InChI is InChI=1S/C13H12BrF/c14-9-12(15)8-11-6-3-5-10-4-1-2-7-13(10)11/h1-7,12H,8-9H2/t12-/m1/s1. The highest BCUT2D eigenvalue weighted by Gasteiger charge is 2.07. The summed E-state index contributed by atoms with van der Waals surface area (Å²) >= 11 is 3.16. The summed E-state index contributed by atoms with van der Waals surface area (Å²) in [7, 11) is 0. The molecule has 2 aromatic rings. The van der Waals surface area contributed by atoms with Crippen LogP contribution in [0.1, 0.15) is 5.56 Å². The van der Waals surface area contributed by atoms with E-state index in [0.29, 0.717) is 11.8 Å². The van der Waals surface area contributed by atoms with E-state index < -0.39 is 6.17 Å². The topological polar surface area (TPSA) is 0 Å². The summed E-state index contributed by atoms with van der Waals surface area (Å²) in [6, 6.07) is 14.1. The van der Waals surface area contributed by atoms with Crippen molar-refractivity contribution >= 4 is 26.7 Å². The Balaban J connectivity index is 2.42. The van der Waals surface area contributed by atoms with Crippen molar-refractivity contribution in [1.29, 1.82) is 0 Å². The molecule has 1 atom stereocenters. The van der Waals surface area contributed by atoms with Crippen LogP contribution in [0.4, 0.5) is 4.39 Å². The average molecular weight is 267 g/mol. The van der Waals surface area contributed by atoms with Gasteiger partial charge in [0.25, 0.3) is 0 Å². The average Bonchev–Trinajstić information content (AvgIpc) is 2.29. The minimum atomic E-state index is -0.809. The van der Waals surface area contributed by atoms with Gasteiger partial charge in [-0.3, -0.25) is 0 Å². The third-order valence-electron chi connectivity index (χ3n) is 2.49. The molecule has 0 heterocycles. The van der Waals surface area contributed by atoms with E-state index in [0.717, 1.165) is 10.9 Å². The van der Waals surface area contributed by atoms with Gasteiger partial charge in [0.05, 0.1) is 0 Å². The zero-order valence-electron chi connectivity index (χ0n) is 8.29. The Morgan fingerprint density at radius 2 is 1.80 bits per heavy atom. The molecule has 0 aliphatic carbocycles. The largest absolute Gasteiger partial charge is 0.246 e. The molecule has 0 radical (unpaired) electrons. The van der Waals surface area contributed by atoms with Gasteiger partial charge in [-0.1, -0.05) is 58.4 Å². The van der Waals surface area contributed by atoms with Crippen molar-refractivity contribution in [3.63, 3.8) is 0 Å². The molecule has 15 heavy (non-hydrogen) atoms. The van der Waals surface area contributed by atoms with Crippen molar-refractivity contribution in [1.82, 2.24) is 0 Å². The minimum Gasteiger partial charge on any atom is -0.246 e. The molecule has 2 rings (SSSR count). The second-order valence-electron chi connectivity index (χ2n) is 3.59. The monoisotopic (exact) mass is 266 g/mol. The predicted molar refractivity (Wildman–Crippen MR) is 66.3 cm³/mol. The van der Waals surface area contributed by atoms with Crippen molar-refractivity contribution < 1.29 is 4.39 Å². The smallest absolute Gasteiger partial charge is 0.114 e. The van der Waals surface area contributed by atoms with Crippen LogP contribution in [-0.4, -0.2) is 11.5 Å². The number of fused-ring (bicyclic) bond motifs is 1. The Labute approximate surface area is 97.2 Å². The lowest BCUT2D eigenvalue weighted by Gasteiger charge is -2.08. The summed E-state index contributed by atoms with van der Waals surface area (Å²) < 4.78 is 13.3. The maximum Gasteiger partial charge on any atom is 0.114 e. The molecule has 0 N–H and O–H groups in total. The number of benzene rings is 2. The summed E-state index contributed by atoms with van der Waals surface area (Å²) in [5, 5.41) is 2.73. The van der Waals surface area contributed by atoms with E-state index in [4.69, 9.17) is 0 Å². The van der Waals surface area contributed by atoms with Crippen LogP contribution in [-0.2, 0) is 6.42 Å². The van der Waals surface area contributed by atoms with Gasteiger partial charge in [0.15, 0.2) is 0 Å². The molecule has 0 aliphatic heterocycles. The molecule has 0 aliphatic rings. The first-order valence-electron chi connectivity index (χ1n) is 4.98. The molecule has 0 bridgehead atoms. The van der Waals surface area contributed by atoms with Crippen LogP contribution < -0.4 is 0 Å². The van der Waals surface area contributed by atoms with Gasteiger partial charge in [-0.05, 0) is 16.3 Å². The van der Waals surface area contributed by atoms with E-state index in [1.165, 1.54) is 5.39 Å². The van der Waals surface area contributed by atoms with E-state index in [1.807, 2.05) is 30.3 Å². The molecule has 2 heteroatoms. The van der Waals surface area contributed by atoms with E-state index in [-0.39, 0.29) is 0 Å². The summed E-state index contributed by atoms with van der Waals surface area (Å²) in [5.41, 5.74) is 1.08. The molecule has 0 spiro atoms. The fourth-order valence-corrected chi connectivity index (χ4v) is 1.99. The molecule has 2 aromatic carbocycles. The Kier molecular flexibility index (Phi) is 3.37. The second-order valence-corrected chi connectivity index (χ2v) is 4.24. The van der Waals surface area contributed by atoms with Crippen molar-refractivity contribution in [3.8, 4) is 0 Å². The van der Waals surface area contributed by atoms with Gasteiger partial charge in [-0.2, -0.15) is 0 Å². The van der Waals surface area contributed by atoms with Crippen molar-refractivity contribution in [3.05, 3.63) is 48.0 Å². The highest BCUT2D eigenvalue weighted by atomic mass is 79.9. The fourth-order valence-electron chi connectivity index (χ4n) is 1.76. The van der Waals surface area contributed by atoms with Gasteiger partial charge in [-0.25, -0.2) is 4.39 Å². The van der Waals surface area contributed by atoms with E-state index in [2.05, 4.69) is 28.1 Å². The van der Waals surface area contributed by atoms with Gasteiger partial charge in [-0.15, -0.1) is 0 Å². The number of alkyl halides is 2. The van der Waals surface area contributed by atoms with Crippen molar-refractivity contribution in [2.75, 3.05) is 5.33 Å². The number of halogens is 2. The van der Waals surface area contributed by atoms with Crippen LogP contribution in [0.5, 0.6) is 0 Å². The first-order valence-corrected chi connectivity index (χ1v) is 6.10. The molecule has 0 amide bonds. The first-order chi connectivity index (χ1) is 7.31. The second kappa shape index (κ2) is 4.75. The number of rotatable bonds is 3. The lowest BCUT2D eigenvalue weighted by Crippen LogP contribution is -2.05. The number of hydrogen-bond donors (Lipinski definition) is 0. The maximum absolute atomic E-state index is 13.3. The Hall–Kier alpha value is -0.890. The van der Waals surface area contributed by atoms with Crippen LogP contribution in [0.3, 0.4) is 0 Å². The Bertz CT molecular complexity index is 448. The van der Waals surface area contributed by atoms with Gasteiger partial charge in [0.1, 0.15) is 6.17 Å². The molecule has 0 aromatic heterocycles. The fraction of sp³-hybridized carbons (Fsp3) is 0.231. The van der Waals surface area contributed by atoms with Gasteiger partial charge < -0.3 is 0 Å². The highest BCUT2D eigenvalue weighted by Crippen LogP contribution is 2.20. The zero-order valence-corrected chi connectivity index (χ0v) is 9.87. The van der Waals surface area contributed by atoms with Crippen molar-refractivity contribution in [2.24, 2.45) is 0 Å². The molecule has 0 unspecified atom stereocenters. The normalized spacial score (nSPS) is 12.9. The van der Waals surface area contributed by atoms with E-state index >= 15 is 0 Å². The lowest BCUT2D eigenvalue weighted by atomic mass is 10.0. The highest BCUT2D eigenvalue weighted by molar-refractivity contribution is 9.09. The van der Waals surface area contributed by atoms with Crippen molar-refractivity contribution in [2.45, 2.75) is 12.6 Å². The predicted octanol–water partition coefficient (Wildman–Crippen LogP) is 4.12. The SMILES string of the molecule is F[C@@H](CBr)Cc1cccc2ccccc12. The quantitative estimate of drug-likeness (QED) is 0.734. The summed E-state index contributed by atoms with van der Waals surface area (Å²) in [6.45, 7) is 0. The minimum absolute atomic E-state index is 0.399. The van der Waals surface area contributed by atoms with Gasteiger partial charge >= 0.3 is 0 Å². The van der Waals surface area contributed by atoms with E-state index in [1.54, 1.807) is 0 Å². The van der Waals surface area contributed by atoms with Crippen LogP contribution in [0.2, 0.25) is 0 Å². The molecule has 0 saturated heterocycles. The first kappa shape index (κ1) is 10.6. The lowest BCUT2D eigenvalue weighted by molar-refractivity contribution is 0.369. The summed E-state index contributed by atoms with van der Waals surface area (Å²) in [4.78, 5) is 0. The van der Waals surface area contributed by atoms with Gasteiger partial charge in [0, 0.05) is 11.8 Å². The Morgan fingerprint density at radius 3 is 2.60 bits per heavy atom. The Morgan fingerprint density at radius 1 is 1.07 bits per heavy atom. The summed E-state index contributed by atoms with van der Waals surface area (Å²) in [6.07, 6.45) is -0.331.